The minimum atomic E-state index is -0.602. The predicted molar refractivity (Wildman–Crippen MR) is 71.2 cm³/mol. The first-order valence-electron chi connectivity index (χ1n) is 5.80. The number of hydrogen-bond acceptors (Lipinski definition) is 3. The molecule has 2 amide bonds. The molecule has 6 heteroatoms. The van der Waals surface area contributed by atoms with Crippen molar-refractivity contribution >= 4 is 27.7 Å². The van der Waals surface area contributed by atoms with E-state index in [0.717, 1.165) is 6.42 Å². The predicted octanol–water partition coefficient (Wildman–Crippen LogP) is 2.08. The van der Waals surface area contributed by atoms with E-state index in [-0.39, 0.29) is 17.7 Å². The summed E-state index contributed by atoms with van der Waals surface area (Å²) >= 11 is 3.11. The molecule has 0 aliphatic carbocycles. The number of furan rings is 1. The maximum Gasteiger partial charge on any atom is 0.287 e. The highest BCUT2D eigenvalue weighted by Crippen LogP contribution is 2.13. The summed E-state index contributed by atoms with van der Waals surface area (Å²) in [4.78, 5) is 23.4. The average Bonchev–Trinajstić information content (AvgIpc) is 2.75. The van der Waals surface area contributed by atoms with Crippen molar-refractivity contribution in [2.45, 2.75) is 39.3 Å². The SMILES string of the molecule is CC[C@@H](C)NC(=O)[C@@H](C)NC(=O)c1ccc(Br)o1. The van der Waals surface area contributed by atoms with Crippen LogP contribution in [0.4, 0.5) is 0 Å². The molecule has 0 saturated heterocycles. The van der Waals surface area contributed by atoms with Crippen molar-refractivity contribution in [3.63, 3.8) is 0 Å². The van der Waals surface area contributed by atoms with E-state index in [0.29, 0.717) is 4.67 Å². The molecule has 0 radical (unpaired) electrons. The van der Waals surface area contributed by atoms with Gasteiger partial charge < -0.3 is 15.1 Å². The van der Waals surface area contributed by atoms with E-state index < -0.39 is 11.9 Å². The Morgan fingerprint density at radius 3 is 2.50 bits per heavy atom. The molecular weight excluding hydrogens is 300 g/mol. The van der Waals surface area contributed by atoms with E-state index in [1.807, 2.05) is 13.8 Å². The lowest BCUT2D eigenvalue weighted by Gasteiger charge is -2.16. The van der Waals surface area contributed by atoms with Crippen LogP contribution in [0.5, 0.6) is 0 Å². The van der Waals surface area contributed by atoms with Crippen LogP contribution in [0.1, 0.15) is 37.7 Å². The molecule has 0 aliphatic heterocycles. The number of halogens is 1. The number of carbonyl (C=O) groups excluding carboxylic acids is 2. The zero-order valence-corrected chi connectivity index (χ0v) is 12.2. The van der Waals surface area contributed by atoms with E-state index >= 15 is 0 Å². The van der Waals surface area contributed by atoms with Crippen LogP contribution in [0.25, 0.3) is 0 Å². The van der Waals surface area contributed by atoms with Gasteiger partial charge in [-0.25, -0.2) is 0 Å². The molecule has 0 bridgehead atoms. The molecule has 1 heterocycles. The molecule has 0 unspecified atom stereocenters. The second-order valence-electron chi connectivity index (χ2n) is 4.12. The molecular formula is C12H17BrN2O3. The fourth-order valence-electron chi connectivity index (χ4n) is 1.24. The molecule has 2 atom stereocenters. The molecule has 0 aliphatic rings. The Hall–Kier alpha value is -1.30. The first kappa shape index (κ1) is 14.8. The lowest BCUT2D eigenvalue weighted by Crippen LogP contribution is -2.47. The van der Waals surface area contributed by atoms with Crippen LogP contribution in [0, 0.1) is 0 Å². The Morgan fingerprint density at radius 1 is 1.33 bits per heavy atom. The van der Waals surface area contributed by atoms with E-state index in [1.165, 1.54) is 0 Å². The standard InChI is InChI=1S/C12H17BrN2O3/c1-4-7(2)14-11(16)8(3)15-12(17)9-5-6-10(13)18-9/h5-8H,4H2,1-3H3,(H,14,16)(H,15,17)/t7-,8-/m1/s1. The largest absolute Gasteiger partial charge is 0.444 e. The topological polar surface area (TPSA) is 71.3 Å². The Morgan fingerprint density at radius 2 is 2.00 bits per heavy atom. The van der Waals surface area contributed by atoms with Crippen molar-refractivity contribution in [3.05, 3.63) is 22.6 Å². The summed E-state index contributed by atoms with van der Waals surface area (Å²) in [6, 6.07) is 2.65. The molecule has 1 aromatic heterocycles. The minimum Gasteiger partial charge on any atom is -0.444 e. The van der Waals surface area contributed by atoms with Crippen molar-refractivity contribution in [1.29, 1.82) is 0 Å². The number of rotatable bonds is 5. The number of hydrogen-bond donors (Lipinski definition) is 2. The van der Waals surface area contributed by atoms with E-state index in [1.54, 1.807) is 19.1 Å². The second kappa shape index (κ2) is 6.58. The summed E-state index contributed by atoms with van der Waals surface area (Å²) < 4.78 is 5.58. The summed E-state index contributed by atoms with van der Waals surface area (Å²) in [5, 5.41) is 5.37. The van der Waals surface area contributed by atoms with E-state index in [4.69, 9.17) is 4.42 Å². The molecule has 5 nitrogen and oxygen atoms in total. The summed E-state index contributed by atoms with van der Waals surface area (Å²) in [6.07, 6.45) is 0.845. The highest BCUT2D eigenvalue weighted by molar-refractivity contribution is 9.10. The van der Waals surface area contributed by atoms with Gasteiger partial charge in [0.15, 0.2) is 10.4 Å². The normalized spacial score (nSPS) is 13.8. The number of carbonyl (C=O) groups is 2. The van der Waals surface area contributed by atoms with Crippen LogP contribution in [-0.2, 0) is 4.79 Å². The molecule has 0 fully saturated rings. The van der Waals surface area contributed by atoms with Gasteiger partial charge in [-0.1, -0.05) is 6.92 Å². The zero-order chi connectivity index (χ0) is 13.7. The van der Waals surface area contributed by atoms with E-state index in [9.17, 15) is 9.59 Å². The lowest BCUT2D eigenvalue weighted by atomic mass is 10.2. The van der Waals surface area contributed by atoms with Crippen molar-refractivity contribution in [3.8, 4) is 0 Å². The second-order valence-corrected chi connectivity index (χ2v) is 4.90. The first-order valence-corrected chi connectivity index (χ1v) is 6.60. The Labute approximate surface area is 114 Å². The van der Waals surface area contributed by atoms with Crippen molar-refractivity contribution in [2.24, 2.45) is 0 Å². The van der Waals surface area contributed by atoms with Gasteiger partial charge in [0.2, 0.25) is 5.91 Å². The molecule has 18 heavy (non-hydrogen) atoms. The minimum absolute atomic E-state index is 0.0922. The van der Waals surface area contributed by atoms with Crippen LogP contribution in [0.15, 0.2) is 21.2 Å². The van der Waals surface area contributed by atoms with Gasteiger partial charge >= 0.3 is 0 Å². The molecule has 1 aromatic rings. The monoisotopic (exact) mass is 316 g/mol. The first-order chi connectivity index (χ1) is 8.43. The molecule has 1 rings (SSSR count). The van der Waals surface area contributed by atoms with Crippen LogP contribution in [0.2, 0.25) is 0 Å². The summed E-state index contributed by atoms with van der Waals surface area (Å²) in [7, 11) is 0. The highest BCUT2D eigenvalue weighted by atomic mass is 79.9. The number of amides is 2. The van der Waals surface area contributed by atoms with E-state index in [2.05, 4.69) is 26.6 Å². The zero-order valence-electron chi connectivity index (χ0n) is 10.6. The van der Waals surface area contributed by atoms with Gasteiger partial charge in [0, 0.05) is 6.04 Å². The van der Waals surface area contributed by atoms with Gasteiger partial charge in [0.1, 0.15) is 6.04 Å². The van der Waals surface area contributed by atoms with Crippen molar-refractivity contribution < 1.29 is 14.0 Å². The molecule has 2 N–H and O–H groups in total. The molecule has 0 spiro atoms. The maximum atomic E-state index is 11.7. The van der Waals surface area contributed by atoms with Gasteiger partial charge in [-0.3, -0.25) is 9.59 Å². The third kappa shape index (κ3) is 4.18. The fraction of sp³-hybridized carbons (Fsp3) is 0.500. The van der Waals surface area contributed by atoms with Crippen LogP contribution < -0.4 is 10.6 Å². The Balaban J connectivity index is 2.51. The third-order valence-electron chi connectivity index (χ3n) is 2.54. The Kier molecular flexibility index (Phi) is 5.40. The Bertz CT molecular complexity index is 431. The smallest absolute Gasteiger partial charge is 0.287 e. The van der Waals surface area contributed by atoms with Crippen molar-refractivity contribution in [2.75, 3.05) is 0 Å². The van der Waals surface area contributed by atoms with Gasteiger partial charge in [0.05, 0.1) is 0 Å². The number of nitrogens with one attached hydrogen (secondary N) is 2. The van der Waals surface area contributed by atoms with Gasteiger partial charge in [-0.15, -0.1) is 0 Å². The lowest BCUT2D eigenvalue weighted by molar-refractivity contribution is -0.123. The van der Waals surface area contributed by atoms with Crippen LogP contribution in [0.3, 0.4) is 0 Å². The highest BCUT2D eigenvalue weighted by Gasteiger charge is 2.19. The quantitative estimate of drug-likeness (QED) is 0.873. The fourth-order valence-corrected chi connectivity index (χ4v) is 1.55. The summed E-state index contributed by atoms with van der Waals surface area (Å²) in [5.41, 5.74) is 0. The molecule has 100 valence electrons. The average molecular weight is 317 g/mol. The summed E-state index contributed by atoms with van der Waals surface area (Å²) in [6.45, 7) is 5.53. The van der Waals surface area contributed by atoms with Crippen molar-refractivity contribution in [1.82, 2.24) is 10.6 Å². The maximum absolute atomic E-state index is 11.7. The van der Waals surface area contributed by atoms with Crippen LogP contribution in [-0.4, -0.2) is 23.9 Å². The summed E-state index contributed by atoms with van der Waals surface area (Å²) in [5.74, 6) is -0.444. The van der Waals surface area contributed by atoms with Gasteiger partial charge in [-0.05, 0) is 48.3 Å². The van der Waals surface area contributed by atoms with Crippen LogP contribution >= 0.6 is 15.9 Å². The van der Waals surface area contributed by atoms with Gasteiger partial charge in [-0.2, -0.15) is 0 Å². The van der Waals surface area contributed by atoms with Gasteiger partial charge in [0.25, 0.3) is 5.91 Å². The third-order valence-corrected chi connectivity index (χ3v) is 2.97. The molecule has 0 saturated carbocycles. The molecule has 0 aromatic carbocycles.